The first kappa shape index (κ1) is 11.0. The average Bonchev–Trinajstić information content (AvgIpc) is 2.25. The maximum atomic E-state index is 9.48. The summed E-state index contributed by atoms with van der Waals surface area (Å²) in [6.07, 6.45) is -0.932. The van der Waals surface area contributed by atoms with Crippen molar-refractivity contribution in [1.29, 1.82) is 0 Å². The molecule has 1 aliphatic rings. The summed E-state index contributed by atoms with van der Waals surface area (Å²) in [6.45, 7) is 0.214. The van der Waals surface area contributed by atoms with E-state index in [2.05, 4.69) is 0 Å². The monoisotopic (exact) mass is 226 g/mol. The maximum absolute atomic E-state index is 9.48. The third-order valence-electron chi connectivity index (χ3n) is 2.34. The fraction of sp³-hybridized carbons (Fsp3) is 0.455. The summed E-state index contributed by atoms with van der Waals surface area (Å²) in [4.78, 5) is 1.12. The number of ether oxygens (including phenoxy) is 1. The van der Waals surface area contributed by atoms with E-state index in [1.165, 1.54) is 0 Å². The van der Waals surface area contributed by atoms with Crippen molar-refractivity contribution < 1.29 is 14.9 Å². The van der Waals surface area contributed by atoms with Gasteiger partial charge in [-0.05, 0) is 12.1 Å². The van der Waals surface area contributed by atoms with Crippen molar-refractivity contribution in [3.63, 3.8) is 0 Å². The van der Waals surface area contributed by atoms with Crippen molar-refractivity contribution in [3.05, 3.63) is 30.3 Å². The van der Waals surface area contributed by atoms with E-state index in [1.54, 1.807) is 11.8 Å². The highest BCUT2D eigenvalue weighted by Gasteiger charge is 2.28. The van der Waals surface area contributed by atoms with Crippen molar-refractivity contribution in [3.8, 4) is 0 Å². The van der Waals surface area contributed by atoms with Crippen LogP contribution in [0.5, 0.6) is 0 Å². The third-order valence-corrected chi connectivity index (χ3v) is 3.48. The van der Waals surface area contributed by atoms with E-state index in [1.807, 2.05) is 30.3 Å². The second-order valence-corrected chi connectivity index (χ2v) is 4.80. The first-order valence-electron chi connectivity index (χ1n) is 4.95. The molecule has 15 heavy (non-hydrogen) atoms. The van der Waals surface area contributed by atoms with Crippen LogP contribution >= 0.6 is 11.8 Å². The zero-order valence-corrected chi connectivity index (χ0v) is 9.06. The number of hydrogen-bond donors (Lipinski definition) is 2. The molecule has 0 saturated carbocycles. The topological polar surface area (TPSA) is 49.7 Å². The van der Waals surface area contributed by atoms with Gasteiger partial charge in [-0.25, -0.2) is 0 Å². The molecule has 1 aliphatic heterocycles. The minimum atomic E-state index is -0.738. The number of rotatable bonds is 2. The molecular formula is C11H14O3S. The van der Waals surface area contributed by atoms with Crippen molar-refractivity contribution in [1.82, 2.24) is 0 Å². The number of aliphatic hydroxyl groups excluding tert-OH is 2. The Labute approximate surface area is 93.1 Å². The summed E-state index contributed by atoms with van der Waals surface area (Å²) in [5.74, 6) is 0. The quantitative estimate of drug-likeness (QED) is 0.796. The fourth-order valence-electron chi connectivity index (χ4n) is 1.47. The van der Waals surface area contributed by atoms with E-state index in [0.717, 1.165) is 4.90 Å². The Hall–Kier alpha value is -0.550. The van der Waals surface area contributed by atoms with E-state index in [0.29, 0.717) is 6.42 Å². The summed E-state index contributed by atoms with van der Waals surface area (Å²) >= 11 is 1.58. The van der Waals surface area contributed by atoms with Crippen LogP contribution in [0.15, 0.2) is 35.2 Å². The Morgan fingerprint density at radius 1 is 1.13 bits per heavy atom. The van der Waals surface area contributed by atoms with Gasteiger partial charge in [-0.2, -0.15) is 0 Å². The van der Waals surface area contributed by atoms with Gasteiger partial charge in [0.25, 0.3) is 0 Å². The maximum Gasteiger partial charge on any atom is 0.110 e. The Bertz CT molecular complexity index is 304. The van der Waals surface area contributed by atoms with Gasteiger partial charge in [-0.15, -0.1) is 0 Å². The first-order chi connectivity index (χ1) is 7.25. The van der Waals surface area contributed by atoms with Crippen LogP contribution in [0.1, 0.15) is 6.42 Å². The number of benzene rings is 1. The normalized spacial score (nSPS) is 31.5. The van der Waals surface area contributed by atoms with Crippen molar-refractivity contribution in [2.24, 2.45) is 0 Å². The van der Waals surface area contributed by atoms with E-state index >= 15 is 0 Å². The molecule has 0 aliphatic carbocycles. The summed E-state index contributed by atoms with van der Waals surface area (Å²) in [5.41, 5.74) is -0.0641. The van der Waals surface area contributed by atoms with Crippen LogP contribution in [0.25, 0.3) is 0 Å². The zero-order chi connectivity index (χ0) is 10.7. The van der Waals surface area contributed by atoms with Gasteiger partial charge >= 0.3 is 0 Å². The lowest BCUT2D eigenvalue weighted by Gasteiger charge is -2.29. The molecule has 0 amide bonds. The van der Waals surface area contributed by atoms with Crippen LogP contribution in [0.4, 0.5) is 0 Å². The molecule has 1 heterocycles. The number of hydrogen-bond acceptors (Lipinski definition) is 4. The highest BCUT2D eigenvalue weighted by Crippen LogP contribution is 2.30. The molecule has 82 valence electrons. The number of thioether (sulfide) groups is 1. The van der Waals surface area contributed by atoms with E-state index in [4.69, 9.17) is 4.74 Å². The lowest BCUT2D eigenvalue weighted by Crippen LogP contribution is -2.39. The molecule has 1 aromatic carbocycles. The average molecular weight is 226 g/mol. The molecule has 0 radical (unpaired) electrons. The Kier molecular flexibility index (Phi) is 3.64. The van der Waals surface area contributed by atoms with Crippen LogP contribution < -0.4 is 0 Å². The lowest BCUT2D eigenvalue weighted by molar-refractivity contribution is -0.0954. The molecule has 0 aromatic heterocycles. The van der Waals surface area contributed by atoms with Crippen molar-refractivity contribution >= 4 is 11.8 Å². The molecule has 4 heteroatoms. The van der Waals surface area contributed by atoms with Crippen LogP contribution in [0.2, 0.25) is 0 Å². The summed E-state index contributed by atoms with van der Waals surface area (Å²) in [6, 6.07) is 9.91. The van der Waals surface area contributed by atoms with Gasteiger partial charge in [0.1, 0.15) is 11.5 Å². The van der Waals surface area contributed by atoms with Gasteiger partial charge < -0.3 is 14.9 Å². The minimum Gasteiger partial charge on any atom is -0.390 e. The first-order valence-corrected chi connectivity index (χ1v) is 5.83. The fourth-order valence-corrected chi connectivity index (χ4v) is 2.53. The molecule has 0 bridgehead atoms. The standard InChI is InChI=1S/C11H14O3S/c12-9-6-11(14-7-10(9)13)15-8-4-2-1-3-5-8/h1-5,9-13H,6-7H2/t9-,10-,11?/m0/s1. The molecule has 1 fully saturated rings. The van der Waals surface area contributed by atoms with Crippen LogP contribution in [0, 0.1) is 0 Å². The van der Waals surface area contributed by atoms with Gasteiger partial charge in [0.05, 0.1) is 12.7 Å². The predicted octanol–water partition coefficient (Wildman–Crippen LogP) is 1.25. The predicted molar refractivity (Wildman–Crippen MR) is 58.7 cm³/mol. The van der Waals surface area contributed by atoms with E-state index < -0.39 is 12.2 Å². The smallest absolute Gasteiger partial charge is 0.110 e. The van der Waals surface area contributed by atoms with Gasteiger partial charge in [0.15, 0.2) is 0 Å². The van der Waals surface area contributed by atoms with E-state index in [-0.39, 0.29) is 12.0 Å². The molecule has 0 spiro atoms. The molecule has 1 saturated heterocycles. The summed E-state index contributed by atoms with van der Waals surface area (Å²) in [5, 5.41) is 18.8. The molecule has 1 aromatic rings. The van der Waals surface area contributed by atoms with Crippen LogP contribution in [0.3, 0.4) is 0 Å². The molecule has 3 atom stereocenters. The summed E-state index contributed by atoms with van der Waals surface area (Å²) in [7, 11) is 0. The van der Waals surface area contributed by atoms with Crippen LogP contribution in [-0.2, 0) is 4.74 Å². The van der Waals surface area contributed by atoms with Gasteiger partial charge in [0, 0.05) is 11.3 Å². The van der Waals surface area contributed by atoms with Crippen molar-refractivity contribution in [2.45, 2.75) is 29.0 Å². The van der Waals surface area contributed by atoms with Gasteiger partial charge in [0.2, 0.25) is 0 Å². The van der Waals surface area contributed by atoms with E-state index in [9.17, 15) is 10.2 Å². The number of aliphatic hydroxyl groups is 2. The molecular weight excluding hydrogens is 212 g/mol. The Balaban J connectivity index is 1.91. The van der Waals surface area contributed by atoms with Gasteiger partial charge in [-0.1, -0.05) is 30.0 Å². The molecule has 3 nitrogen and oxygen atoms in total. The van der Waals surface area contributed by atoms with Crippen LogP contribution in [-0.4, -0.2) is 34.5 Å². The molecule has 1 unspecified atom stereocenters. The molecule has 2 rings (SSSR count). The second-order valence-electron chi connectivity index (χ2n) is 3.56. The zero-order valence-electron chi connectivity index (χ0n) is 8.24. The second kappa shape index (κ2) is 4.99. The van der Waals surface area contributed by atoms with Gasteiger partial charge in [-0.3, -0.25) is 0 Å². The largest absolute Gasteiger partial charge is 0.390 e. The molecule has 2 N–H and O–H groups in total. The minimum absolute atomic E-state index is 0.0641. The third kappa shape index (κ3) is 2.95. The Morgan fingerprint density at radius 3 is 2.53 bits per heavy atom. The highest BCUT2D eigenvalue weighted by molar-refractivity contribution is 7.99. The SMILES string of the molecule is O[C@H]1COC(Sc2ccccc2)C[C@@H]1O. The summed E-state index contributed by atoms with van der Waals surface area (Å²) < 4.78 is 5.42. The Morgan fingerprint density at radius 2 is 1.87 bits per heavy atom. The lowest BCUT2D eigenvalue weighted by atomic mass is 10.1. The van der Waals surface area contributed by atoms with Crippen molar-refractivity contribution in [2.75, 3.05) is 6.61 Å². The highest BCUT2D eigenvalue weighted by atomic mass is 32.2.